The highest BCUT2D eigenvalue weighted by atomic mass is 32.2. The molecule has 12 nitrogen and oxygen atoms in total. The molecule has 0 aliphatic heterocycles. The first kappa shape index (κ1) is 27.2. The maximum Gasteiger partial charge on any atom is 0.247 e. The summed E-state index contributed by atoms with van der Waals surface area (Å²) in [6.07, 6.45) is 0.691. The summed E-state index contributed by atoms with van der Waals surface area (Å²) in [5.41, 5.74) is 10.4. The molecule has 1 unspecified atom stereocenters. The second kappa shape index (κ2) is 19.5. The second-order valence-corrected chi connectivity index (χ2v) is 6.53. The van der Waals surface area contributed by atoms with Crippen LogP contribution in [-0.4, -0.2) is 101 Å². The third-order valence-electron chi connectivity index (χ3n) is 2.94. The molecule has 6 N–H and O–H groups in total. The van der Waals surface area contributed by atoms with E-state index in [1.165, 1.54) is 0 Å². The van der Waals surface area contributed by atoms with Crippen molar-refractivity contribution in [1.29, 1.82) is 0 Å². The Morgan fingerprint density at radius 2 is 1.41 bits per heavy atom. The van der Waals surface area contributed by atoms with Gasteiger partial charge in [-0.15, -0.1) is 11.8 Å². The van der Waals surface area contributed by atoms with Crippen LogP contribution in [0.1, 0.15) is 0 Å². The predicted octanol–water partition coefficient (Wildman–Crippen LogP) is -3.01. The molecule has 168 valence electrons. The standard InChI is InChI=1S/C16H30N4O8S/c17-13(22)11-28-12-14(23)19-1-4-25-6-8-27-9-7-26-5-2-20-16(24)15(18)29-10-3-21/h3,15H,1-2,4-12,18H2,(H2,17,22)(H,19,23)(H,20,24). The van der Waals surface area contributed by atoms with Gasteiger partial charge < -0.3 is 45.8 Å². The average molecular weight is 439 g/mol. The summed E-state index contributed by atoms with van der Waals surface area (Å²) in [5, 5.41) is 4.39. The maximum atomic E-state index is 11.5. The summed E-state index contributed by atoms with van der Waals surface area (Å²) in [6, 6.07) is 0. The van der Waals surface area contributed by atoms with E-state index in [1.807, 2.05) is 0 Å². The number of aldehydes is 1. The van der Waals surface area contributed by atoms with Crippen molar-refractivity contribution in [3.8, 4) is 0 Å². The monoisotopic (exact) mass is 438 g/mol. The van der Waals surface area contributed by atoms with Crippen LogP contribution < -0.4 is 22.1 Å². The van der Waals surface area contributed by atoms with Gasteiger partial charge in [-0.05, 0) is 0 Å². The number of rotatable bonds is 20. The molecule has 0 aromatic rings. The van der Waals surface area contributed by atoms with Crippen LogP contribution in [0.25, 0.3) is 0 Å². The Balaban J connectivity index is 3.29. The van der Waals surface area contributed by atoms with Gasteiger partial charge in [-0.25, -0.2) is 0 Å². The highest BCUT2D eigenvalue weighted by molar-refractivity contribution is 8.01. The van der Waals surface area contributed by atoms with E-state index in [2.05, 4.69) is 10.6 Å². The first-order valence-electron chi connectivity index (χ1n) is 8.91. The van der Waals surface area contributed by atoms with Crippen LogP contribution in [0.4, 0.5) is 0 Å². The Morgan fingerprint density at radius 3 is 1.97 bits per heavy atom. The lowest BCUT2D eigenvalue weighted by atomic mass is 10.5. The van der Waals surface area contributed by atoms with Crippen LogP contribution in [0, 0.1) is 0 Å². The van der Waals surface area contributed by atoms with Crippen molar-refractivity contribution in [3.05, 3.63) is 0 Å². The van der Waals surface area contributed by atoms with Gasteiger partial charge in [-0.3, -0.25) is 14.4 Å². The maximum absolute atomic E-state index is 11.5. The molecule has 0 fully saturated rings. The fraction of sp³-hybridized carbons (Fsp3) is 0.750. The molecule has 0 radical (unpaired) electrons. The molecule has 0 saturated carbocycles. The molecule has 1 atom stereocenters. The third-order valence-corrected chi connectivity index (χ3v) is 3.84. The fourth-order valence-electron chi connectivity index (χ4n) is 1.67. The minimum atomic E-state index is -0.771. The number of hydrogen-bond acceptors (Lipinski definition) is 10. The SMILES string of the molecule is NC(=O)COCC(=O)NCCOCCOCCOCCNC(=O)C(N)SCC=O. The number of primary amides is 1. The molecule has 29 heavy (non-hydrogen) atoms. The zero-order chi connectivity index (χ0) is 21.7. The number of nitrogens with two attached hydrogens (primary N) is 2. The molecular formula is C16H30N4O8S. The van der Waals surface area contributed by atoms with E-state index in [4.69, 9.17) is 30.4 Å². The molecule has 0 aromatic heterocycles. The van der Waals surface area contributed by atoms with Crippen LogP contribution in [0.15, 0.2) is 0 Å². The lowest BCUT2D eigenvalue weighted by Crippen LogP contribution is -2.40. The van der Waals surface area contributed by atoms with E-state index < -0.39 is 11.3 Å². The van der Waals surface area contributed by atoms with E-state index in [9.17, 15) is 19.2 Å². The van der Waals surface area contributed by atoms with E-state index in [0.29, 0.717) is 59.0 Å². The van der Waals surface area contributed by atoms with Gasteiger partial charge in [0.15, 0.2) is 0 Å². The first-order valence-corrected chi connectivity index (χ1v) is 9.96. The summed E-state index contributed by atoms with van der Waals surface area (Å²) < 4.78 is 20.6. The topological polar surface area (TPSA) is 181 Å². The Morgan fingerprint density at radius 1 is 0.862 bits per heavy atom. The number of ether oxygens (including phenoxy) is 4. The number of nitrogens with one attached hydrogen (secondary N) is 2. The molecule has 0 spiro atoms. The van der Waals surface area contributed by atoms with E-state index in [0.717, 1.165) is 11.8 Å². The van der Waals surface area contributed by atoms with Gasteiger partial charge in [0.2, 0.25) is 17.7 Å². The number of carbonyl (C=O) groups excluding carboxylic acids is 4. The molecule has 0 heterocycles. The summed E-state index contributed by atoms with van der Waals surface area (Å²) in [7, 11) is 0. The minimum absolute atomic E-state index is 0.175. The minimum Gasteiger partial charge on any atom is -0.377 e. The van der Waals surface area contributed by atoms with E-state index in [-0.39, 0.29) is 30.8 Å². The highest BCUT2D eigenvalue weighted by Gasteiger charge is 2.12. The molecule has 0 aliphatic carbocycles. The van der Waals surface area contributed by atoms with Gasteiger partial charge in [-0.1, -0.05) is 0 Å². The lowest BCUT2D eigenvalue weighted by Gasteiger charge is -2.11. The molecule has 13 heteroatoms. The summed E-state index contributed by atoms with van der Waals surface area (Å²) in [5.74, 6) is -1.16. The number of amides is 3. The van der Waals surface area contributed by atoms with Gasteiger partial charge in [0, 0.05) is 13.1 Å². The fourth-order valence-corrected chi connectivity index (χ4v) is 2.19. The molecule has 0 bridgehead atoms. The van der Waals surface area contributed by atoms with Crippen molar-refractivity contribution < 1.29 is 38.1 Å². The Labute approximate surface area is 173 Å². The van der Waals surface area contributed by atoms with Crippen LogP contribution in [-0.2, 0) is 38.1 Å². The second-order valence-electron chi connectivity index (χ2n) is 5.36. The lowest BCUT2D eigenvalue weighted by molar-refractivity contribution is -0.129. The highest BCUT2D eigenvalue weighted by Crippen LogP contribution is 2.02. The summed E-state index contributed by atoms with van der Waals surface area (Å²) in [4.78, 5) is 43.4. The third kappa shape index (κ3) is 19.3. The van der Waals surface area contributed by atoms with Crippen LogP contribution in [0.2, 0.25) is 0 Å². The van der Waals surface area contributed by atoms with E-state index in [1.54, 1.807) is 0 Å². The largest absolute Gasteiger partial charge is 0.377 e. The Kier molecular flexibility index (Phi) is 18.3. The molecular weight excluding hydrogens is 408 g/mol. The van der Waals surface area contributed by atoms with Crippen molar-refractivity contribution in [2.45, 2.75) is 5.37 Å². The first-order chi connectivity index (χ1) is 14.0. The molecule has 0 saturated heterocycles. The normalized spacial score (nSPS) is 11.6. The van der Waals surface area contributed by atoms with Gasteiger partial charge in [0.25, 0.3) is 0 Å². The average Bonchev–Trinajstić information content (AvgIpc) is 2.69. The molecule has 0 rings (SSSR count). The van der Waals surface area contributed by atoms with Crippen molar-refractivity contribution in [2.24, 2.45) is 11.5 Å². The Hall–Kier alpha value is -1.77. The predicted molar refractivity (Wildman–Crippen MR) is 105 cm³/mol. The number of thioether (sulfide) groups is 1. The zero-order valence-electron chi connectivity index (χ0n) is 16.3. The van der Waals surface area contributed by atoms with Crippen LogP contribution >= 0.6 is 11.8 Å². The van der Waals surface area contributed by atoms with Crippen molar-refractivity contribution in [1.82, 2.24) is 10.6 Å². The summed E-state index contributed by atoms with van der Waals surface area (Å²) >= 11 is 1.06. The van der Waals surface area contributed by atoms with E-state index >= 15 is 0 Å². The van der Waals surface area contributed by atoms with Crippen LogP contribution in [0.3, 0.4) is 0 Å². The van der Waals surface area contributed by atoms with Crippen molar-refractivity contribution in [3.63, 3.8) is 0 Å². The van der Waals surface area contributed by atoms with Gasteiger partial charge in [-0.2, -0.15) is 0 Å². The van der Waals surface area contributed by atoms with Crippen LogP contribution in [0.5, 0.6) is 0 Å². The quantitative estimate of drug-likeness (QED) is 0.0868. The smallest absolute Gasteiger partial charge is 0.247 e. The number of hydrogen-bond donors (Lipinski definition) is 4. The molecule has 0 aromatic carbocycles. The van der Waals surface area contributed by atoms with Gasteiger partial charge in [0.05, 0.1) is 45.4 Å². The molecule has 0 aliphatic rings. The van der Waals surface area contributed by atoms with Gasteiger partial charge in [0.1, 0.15) is 24.9 Å². The van der Waals surface area contributed by atoms with Crippen molar-refractivity contribution in [2.75, 3.05) is 71.7 Å². The molecule has 3 amide bonds. The van der Waals surface area contributed by atoms with Crippen molar-refractivity contribution >= 4 is 35.8 Å². The number of carbonyl (C=O) groups is 4. The zero-order valence-corrected chi connectivity index (χ0v) is 17.1. The summed E-state index contributed by atoms with van der Waals surface area (Å²) in [6.45, 7) is 2.20. The van der Waals surface area contributed by atoms with Gasteiger partial charge >= 0.3 is 0 Å². The Bertz CT molecular complexity index is 484.